The molecule has 5 rings (SSSR count). The van der Waals surface area contributed by atoms with Crippen LogP contribution in [0.4, 0.5) is 0 Å². The highest BCUT2D eigenvalue weighted by Crippen LogP contribution is 2.70. The number of benzene rings is 1. The Labute approximate surface area is 197 Å². The van der Waals surface area contributed by atoms with Gasteiger partial charge in [0.2, 0.25) is 0 Å². The van der Waals surface area contributed by atoms with E-state index < -0.39 is 12.2 Å². The van der Waals surface area contributed by atoms with Gasteiger partial charge in [0.25, 0.3) is 0 Å². The number of aliphatic hydroxyl groups excluding tert-OH is 2. The maximum Gasteiger partial charge on any atom is 0.337 e. The Morgan fingerprint density at radius 3 is 2.48 bits per heavy atom. The summed E-state index contributed by atoms with van der Waals surface area (Å²) in [6.45, 7) is 11.4. The molecule has 3 fully saturated rings. The number of aliphatic hydroxyl groups is 2. The monoisotopic (exact) mass is 456 g/mol. The predicted octanol–water partition coefficient (Wildman–Crippen LogP) is 4.77. The molecule has 0 aromatic heterocycles. The first kappa shape index (κ1) is 23.2. The Kier molecular flexibility index (Phi) is 5.06. The minimum Gasteiger partial charge on any atom is -0.487 e. The number of carbonyl (C=O) groups excluding carboxylic acids is 1. The van der Waals surface area contributed by atoms with E-state index in [0.717, 1.165) is 49.8 Å². The van der Waals surface area contributed by atoms with Gasteiger partial charge in [-0.2, -0.15) is 0 Å². The van der Waals surface area contributed by atoms with Crippen LogP contribution in [0.1, 0.15) is 82.6 Å². The lowest BCUT2D eigenvalue weighted by Gasteiger charge is -2.70. The summed E-state index contributed by atoms with van der Waals surface area (Å²) in [5, 5.41) is 23.0. The molecule has 5 heteroatoms. The summed E-state index contributed by atoms with van der Waals surface area (Å²) in [5.74, 6) is 1.09. The topological polar surface area (TPSA) is 76.0 Å². The zero-order chi connectivity index (χ0) is 24.0. The molecule has 8 atom stereocenters. The van der Waals surface area contributed by atoms with Crippen molar-refractivity contribution >= 4 is 5.97 Å². The zero-order valence-electron chi connectivity index (χ0n) is 21.0. The SMILES string of the molecule is COC(=O)c1ccc2c(c1)CC1[C@]3(C)C[C@@H](O)C4C(C)(C)CC[C@@H](O)[C@]4(C)C3CC[C@]1(C)O2. The molecule has 33 heavy (non-hydrogen) atoms. The fourth-order valence-electron chi connectivity index (χ4n) is 9.28. The van der Waals surface area contributed by atoms with E-state index >= 15 is 0 Å². The van der Waals surface area contributed by atoms with Crippen LogP contribution < -0.4 is 4.74 Å². The van der Waals surface area contributed by atoms with E-state index in [1.165, 1.54) is 7.11 Å². The summed E-state index contributed by atoms with van der Waals surface area (Å²) in [6.07, 6.45) is 4.34. The Morgan fingerprint density at radius 1 is 1.06 bits per heavy atom. The number of hydrogen-bond donors (Lipinski definition) is 2. The second-order valence-corrected chi connectivity index (χ2v) is 12.7. The highest BCUT2D eigenvalue weighted by molar-refractivity contribution is 5.89. The maximum atomic E-state index is 12.2. The molecule has 0 bridgehead atoms. The van der Waals surface area contributed by atoms with Crippen molar-refractivity contribution in [3.63, 3.8) is 0 Å². The van der Waals surface area contributed by atoms with Crippen LogP contribution in [-0.2, 0) is 11.2 Å². The third kappa shape index (κ3) is 3.07. The molecule has 0 spiro atoms. The molecule has 1 aromatic rings. The number of ether oxygens (including phenoxy) is 2. The van der Waals surface area contributed by atoms with E-state index in [9.17, 15) is 15.0 Å². The van der Waals surface area contributed by atoms with Gasteiger partial charge in [-0.05, 0) is 91.9 Å². The molecule has 5 nitrogen and oxygen atoms in total. The minimum atomic E-state index is -0.452. The van der Waals surface area contributed by atoms with Crippen molar-refractivity contribution in [2.24, 2.45) is 34.0 Å². The van der Waals surface area contributed by atoms with E-state index in [0.29, 0.717) is 11.5 Å². The van der Waals surface area contributed by atoms with Crippen molar-refractivity contribution in [3.8, 4) is 5.75 Å². The number of methoxy groups -OCH3 is 1. The Balaban J connectivity index is 1.58. The lowest BCUT2D eigenvalue weighted by molar-refractivity contribution is -0.268. The normalized spacial score (nSPS) is 45.5. The molecule has 2 N–H and O–H groups in total. The fourth-order valence-corrected chi connectivity index (χ4v) is 9.28. The number of fused-ring (bicyclic) bond motifs is 6. The van der Waals surface area contributed by atoms with Crippen LogP contribution in [0.5, 0.6) is 5.75 Å². The minimum absolute atomic E-state index is 0.000553. The molecule has 3 unspecified atom stereocenters. The molecule has 1 aromatic carbocycles. The van der Waals surface area contributed by atoms with Gasteiger partial charge in [-0.25, -0.2) is 4.79 Å². The largest absolute Gasteiger partial charge is 0.487 e. The van der Waals surface area contributed by atoms with Crippen LogP contribution in [0, 0.1) is 34.0 Å². The van der Waals surface area contributed by atoms with Gasteiger partial charge in [0.15, 0.2) is 0 Å². The molecule has 4 aliphatic rings. The van der Waals surface area contributed by atoms with Crippen LogP contribution in [-0.4, -0.2) is 41.1 Å². The van der Waals surface area contributed by atoms with E-state index in [4.69, 9.17) is 9.47 Å². The fraction of sp³-hybridized carbons (Fsp3) is 0.750. The third-order valence-electron chi connectivity index (χ3n) is 10.6. The summed E-state index contributed by atoms with van der Waals surface area (Å²) in [5.41, 5.74) is 0.743. The molecule has 0 radical (unpaired) electrons. The van der Waals surface area contributed by atoms with Crippen LogP contribution in [0.2, 0.25) is 0 Å². The first-order valence-electron chi connectivity index (χ1n) is 12.6. The number of esters is 1. The summed E-state index contributed by atoms with van der Waals surface area (Å²) in [4.78, 5) is 12.2. The van der Waals surface area contributed by atoms with Crippen molar-refractivity contribution in [2.75, 3.05) is 7.11 Å². The van der Waals surface area contributed by atoms with Gasteiger partial charge in [0.05, 0.1) is 24.9 Å². The quantitative estimate of drug-likeness (QED) is 0.596. The van der Waals surface area contributed by atoms with Gasteiger partial charge in [-0.1, -0.05) is 27.7 Å². The van der Waals surface area contributed by atoms with Gasteiger partial charge < -0.3 is 19.7 Å². The van der Waals surface area contributed by atoms with E-state index in [1.807, 2.05) is 12.1 Å². The molecule has 0 amide bonds. The zero-order valence-corrected chi connectivity index (χ0v) is 21.0. The molecular formula is C28H40O5. The van der Waals surface area contributed by atoms with Crippen LogP contribution in [0.25, 0.3) is 0 Å². The highest BCUT2D eigenvalue weighted by Gasteiger charge is 2.69. The number of hydrogen-bond acceptors (Lipinski definition) is 5. The highest BCUT2D eigenvalue weighted by atomic mass is 16.5. The average Bonchev–Trinajstić information content (AvgIpc) is 2.74. The molecular weight excluding hydrogens is 416 g/mol. The van der Waals surface area contributed by atoms with Gasteiger partial charge in [-0.3, -0.25) is 0 Å². The Hall–Kier alpha value is -1.59. The van der Waals surface area contributed by atoms with Crippen LogP contribution >= 0.6 is 0 Å². The number of carbonyl (C=O) groups is 1. The second kappa shape index (κ2) is 7.21. The molecule has 0 saturated heterocycles. The number of rotatable bonds is 1. The first-order valence-corrected chi connectivity index (χ1v) is 12.6. The van der Waals surface area contributed by atoms with E-state index in [2.05, 4.69) is 34.6 Å². The molecule has 3 aliphatic carbocycles. The van der Waals surface area contributed by atoms with Crippen LogP contribution in [0.3, 0.4) is 0 Å². The van der Waals surface area contributed by atoms with Crippen molar-refractivity contribution in [3.05, 3.63) is 29.3 Å². The average molecular weight is 457 g/mol. The Morgan fingerprint density at radius 2 is 1.79 bits per heavy atom. The summed E-state index contributed by atoms with van der Waals surface area (Å²) in [6, 6.07) is 5.59. The second-order valence-electron chi connectivity index (χ2n) is 12.7. The smallest absolute Gasteiger partial charge is 0.337 e. The molecule has 1 heterocycles. The molecule has 1 aliphatic heterocycles. The lowest BCUT2D eigenvalue weighted by atomic mass is 9.36. The first-order chi connectivity index (χ1) is 15.4. The summed E-state index contributed by atoms with van der Waals surface area (Å²) in [7, 11) is 1.40. The Bertz CT molecular complexity index is 971. The summed E-state index contributed by atoms with van der Waals surface area (Å²) < 4.78 is 11.6. The third-order valence-corrected chi connectivity index (χ3v) is 10.6. The van der Waals surface area contributed by atoms with Crippen LogP contribution in [0.15, 0.2) is 18.2 Å². The lowest BCUT2D eigenvalue weighted by Crippen LogP contribution is -2.70. The van der Waals surface area contributed by atoms with E-state index in [1.54, 1.807) is 6.07 Å². The van der Waals surface area contributed by atoms with Crippen molar-refractivity contribution in [1.29, 1.82) is 0 Å². The van der Waals surface area contributed by atoms with Crippen molar-refractivity contribution in [2.45, 2.75) is 91.0 Å². The molecule has 182 valence electrons. The predicted molar refractivity (Wildman–Crippen MR) is 126 cm³/mol. The van der Waals surface area contributed by atoms with E-state index in [-0.39, 0.29) is 39.7 Å². The van der Waals surface area contributed by atoms with Gasteiger partial charge in [0.1, 0.15) is 11.4 Å². The standard InChI is InChI=1S/C28H40O5/c1-25(2)11-10-22(30)28(5)20-9-12-27(4)21(26(20,3)15-18(29)23(25)28)14-17-13-16(24(31)32-6)7-8-19(17)33-27/h7-8,13,18,20-23,29-30H,9-12,14-15H2,1-6H3/t18-,20?,21?,22-,23?,26-,27+,28+/m1/s1. The van der Waals surface area contributed by atoms with Gasteiger partial charge in [-0.15, -0.1) is 0 Å². The van der Waals surface area contributed by atoms with Gasteiger partial charge >= 0.3 is 5.97 Å². The molecule has 3 saturated carbocycles. The van der Waals surface area contributed by atoms with Crippen molar-refractivity contribution < 1.29 is 24.5 Å². The summed E-state index contributed by atoms with van der Waals surface area (Å²) >= 11 is 0. The van der Waals surface area contributed by atoms with Crippen molar-refractivity contribution in [1.82, 2.24) is 0 Å². The maximum absolute atomic E-state index is 12.2. The van der Waals surface area contributed by atoms with Gasteiger partial charge in [0, 0.05) is 11.3 Å².